The monoisotopic (exact) mass is 312 g/mol. The highest BCUT2D eigenvalue weighted by Crippen LogP contribution is 2.26. The lowest BCUT2D eigenvalue weighted by molar-refractivity contribution is 0.439. The van der Waals surface area contributed by atoms with Crippen LogP contribution < -0.4 is 0 Å². The van der Waals surface area contributed by atoms with E-state index in [0.717, 1.165) is 3.97 Å². The van der Waals surface area contributed by atoms with Crippen LogP contribution in [-0.4, -0.2) is 34.8 Å². The van der Waals surface area contributed by atoms with Crippen LogP contribution in [0, 0.1) is 11.3 Å². The molecule has 0 saturated heterocycles. The summed E-state index contributed by atoms with van der Waals surface area (Å²) in [4.78, 5) is 4.01. The second-order valence-corrected chi connectivity index (χ2v) is 6.20. The van der Waals surface area contributed by atoms with Crippen molar-refractivity contribution >= 4 is 32.8 Å². The summed E-state index contributed by atoms with van der Waals surface area (Å²) in [6.07, 6.45) is 0. The van der Waals surface area contributed by atoms with Crippen molar-refractivity contribution in [3.05, 3.63) is 29.0 Å². The third-order valence-electron chi connectivity index (χ3n) is 2.96. The molecule has 1 aromatic carbocycles. The zero-order valence-corrected chi connectivity index (χ0v) is 12.6. The van der Waals surface area contributed by atoms with Crippen molar-refractivity contribution in [2.45, 2.75) is 13.8 Å². The van der Waals surface area contributed by atoms with Gasteiger partial charge in [-0.05, 0) is 12.1 Å². The van der Waals surface area contributed by atoms with Gasteiger partial charge in [-0.1, -0.05) is 31.5 Å². The van der Waals surface area contributed by atoms with Gasteiger partial charge in [0.25, 0.3) is 0 Å². The van der Waals surface area contributed by atoms with Gasteiger partial charge in [0.05, 0.1) is 10.5 Å². The van der Waals surface area contributed by atoms with Crippen LogP contribution >= 0.6 is 11.6 Å². The molecule has 0 atom stereocenters. The summed E-state index contributed by atoms with van der Waals surface area (Å²) < 4.78 is 27.4. The Morgan fingerprint density at radius 2 is 2.05 bits per heavy atom. The molecular weight excluding hydrogens is 300 g/mol. The van der Waals surface area contributed by atoms with Crippen LogP contribution in [0.5, 0.6) is 0 Å². The van der Waals surface area contributed by atoms with Crippen LogP contribution in [0.2, 0.25) is 5.02 Å². The third kappa shape index (κ3) is 2.16. The summed E-state index contributed by atoms with van der Waals surface area (Å²) >= 11 is 6.00. The van der Waals surface area contributed by atoms with Crippen LogP contribution in [0.25, 0.3) is 11.0 Å². The van der Waals surface area contributed by atoms with Gasteiger partial charge in [0.2, 0.25) is 5.82 Å². The fourth-order valence-electron chi connectivity index (χ4n) is 2.01. The van der Waals surface area contributed by atoms with Gasteiger partial charge in [-0.15, -0.1) is 0 Å². The highest BCUT2D eigenvalue weighted by molar-refractivity contribution is 7.87. The van der Waals surface area contributed by atoms with E-state index in [1.165, 1.54) is 4.31 Å². The summed E-state index contributed by atoms with van der Waals surface area (Å²) in [5.74, 6) is -0.194. The molecule has 0 bridgehead atoms. The van der Waals surface area contributed by atoms with E-state index < -0.39 is 10.2 Å². The molecule has 0 unspecified atom stereocenters. The van der Waals surface area contributed by atoms with Crippen molar-refractivity contribution < 1.29 is 8.42 Å². The minimum Gasteiger partial charge on any atom is -0.216 e. The maximum atomic E-state index is 12.6. The van der Waals surface area contributed by atoms with E-state index in [4.69, 9.17) is 16.9 Å². The summed E-state index contributed by atoms with van der Waals surface area (Å²) in [5.41, 5.74) is 0.613. The molecule has 0 radical (unpaired) electrons. The number of benzene rings is 1. The molecule has 20 heavy (non-hydrogen) atoms. The fourth-order valence-corrected chi connectivity index (χ4v) is 3.80. The molecule has 0 aliphatic heterocycles. The van der Waals surface area contributed by atoms with Gasteiger partial charge >= 0.3 is 10.2 Å². The Morgan fingerprint density at radius 1 is 1.40 bits per heavy atom. The van der Waals surface area contributed by atoms with E-state index in [9.17, 15) is 8.42 Å². The van der Waals surface area contributed by atoms with Gasteiger partial charge in [0.1, 0.15) is 11.6 Å². The summed E-state index contributed by atoms with van der Waals surface area (Å²) in [7, 11) is -3.84. The number of fused-ring (bicyclic) bond motifs is 1. The quantitative estimate of drug-likeness (QED) is 0.865. The van der Waals surface area contributed by atoms with Crippen LogP contribution in [0.15, 0.2) is 18.2 Å². The first kappa shape index (κ1) is 14.8. The molecule has 0 aliphatic rings. The number of hydrogen-bond donors (Lipinski definition) is 0. The summed E-state index contributed by atoms with van der Waals surface area (Å²) in [5, 5.41) is 9.45. The Bertz CT molecular complexity index is 788. The number of nitriles is 1. The SMILES string of the molecule is CCN(CC)S(=O)(=O)n1c(C#N)nc2c(Cl)cccc21. The van der Waals surface area contributed by atoms with Crippen molar-refractivity contribution in [1.29, 1.82) is 5.26 Å². The van der Waals surface area contributed by atoms with E-state index in [-0.39, 0.29) is 5.82 Å². The minimum absolute atomic E-state index is 0.194. The number of nitrogens with zero attached hydrogens (tertiary/aromatic N) is 4. The number of imidazole rings is 1. The predicted molar refractivity (Wildman–Crippen MR) is 76.7 cm³/mol. The molecule has 1 aromatic heterocycles. The molecular formula is C12H13ClN4O2S. The lowest BCUT2D eigenvalue weighted by Gasteiger charge is -2.19. The number of halogens is 1. The lowest BCUT2D eigenvalue weighted by atomic mass is 10.3. The molecule has 0 aliphatic carbocycles. The maximum absolute atomic E-state index is 12.6. The van der Waals surface area contributed by atoms with Crippen LogP contribution in [0.4, 0.5) is 0 Å². The molecule has 0 N–H and O–H groups in total. The lowest BCUT2D eigenvalue weighted by Crippen LogP contribution is -2.35. The van der Waals surface area contributed by atoms with Gasteiger partial charge < -0.3 is 0 Å². The molecule has 2 rings (SSSR count). The maximum Gasteiger partial charge on any atom is 0.310 e. The standard InChI is InChI=1S/C12H13ClN4O2S/c1-3-16(4-2)20(18,19)17-10-7-5-6-9(13)12(10)15-11(17)8-14/h5-7H,3-4H2,1-2H3. The molecule has 6 nitrogen and oxygen atoms in total. The number of aromatic nitrogens is 2. The van der Waals surface area contributed by atoms with Crippen molar-refractivity contribution in [2.24, 2.45) is 0 Å². The Labute approximate surface area is 122 Å². The number of hydrogen-bond acceptors (Lipinski definition) is 4. The molecule has 0 amide bonds. The van der Waals surface area contributed by atoms with Crippen LogP contribution in [0.3, 0.4) is 0 Å². The zero-order chi connectivity index (χ0) is 14.9. The van der Waals surface area contributed by atoms with Gasteiger partial charge in [0.15, 0.2) is 0 Å². The van der Waals surface area contributed by atoms with Crippen molar-refractivity contribution in [3.63, 3.8) is 0 Å². The molecule has 0 spiro atoms. The predicted octanol–water partition coefficient (Wildman–Crippen LogP) is 2.00. The molecule has 2 aromatic rings. The molecule has 1 heterocycles. The normalized spacial score (nSPS) is 11.9. The first-order valence-electron chi connectivity index (χ1n) is 6.05. The average molecular weight is 313 g/mol. The molecule has 0 fully saturated rings. The van der Waals surface area contributed by atoms with Gasteiger partial charge in [0, 0.05) is 13.1 Å². The van der Waals surface area contributed by atoms with E-state index >= 15 is 0 Å². The summed E-state index contributed by atoms with van der Waals surface area (Å²) in [6, 6.07) is 6.62. The first-order valence-corrected chi connectivity index (χ1v) is 7.82. The highest BCUT2D eigenvalue weighted by Gasteiger charge is 2.27. The second kappa shape index (κ2) is 5.40. The zero-order valence-electron chi connectivity index (χ0n) is 11.0. The Morgan fingerprint density at radius 3 is 2.60 bits per heavy atom. The molecule has 0 saturated carbocycles. The van der Waals surface area contributed by atoms with Gasteiger partial charge in [-0.2, -0.15) is 22.0 Å². The van der Waals surface area contributed by atoms with Crippen LogP contribution in [-0.2, 0) is 10.2 Å². The Hall–Kier alpha value is -1.62. The number of para-hydroxylation sites is 1. The first-order chi connectivity index (χ1) is 9.47. The minimum atomic E-state index is -3.84. The van der Waals surface area contributed by atoms with Crippen LogP contribution in [0.1, 0.15) is 19.7 Å². The smallest absolute Gasteiger partial charge is 0.216 e. The van der Waals surface area contributed by atoms with E-state index in [0.29, 0.717) is 29.1 Å². The highest BCUT2D eigenvalue weighted by atomic mass is 35.5. The van der Waals surface area contributed by atoms with E-state index in [2.05, 4.69) is 4.98 Å². The van der Waals surface area contributed by atoms with Crippen molar-refractivity contribution in [3.8, 4) is 6.07 Å². The molecule has 106 valence electrons. The summed E-state index contributed by atoms with van der Waals surface area (Å²) in [6.45, 7) is 4.09. The topological polar surface area (TPSA) is 79.0 Å². The third-order valence-corrected chi connectivity index (χ3v) is 5.26. The van der Waals surface area contributed by atoms with E-state index in [1.54, 1.807) is 32.0 Å². The fraction of sp³-hybridized carbons (Fsp3) is 0.333. The Kier molecular flexibility index (Phi) is 3.99. The van der Waals surface area contributed by atoms with Gasteiger partial charge in [-0.3, -0.25) is 0 Å². The average Bonchev–Trinajstić information content (AvgIpc) is 2.80. The van der Waals surface area contributed by atoms with E-state index in [1.807, 2.05) is 6.07 Å². The largest absolute Gasteiger partial charge is 0.310 e. The second-order valence-electron chi connectivity index (χ2n) is 4.01. The van der Waals surface area contributed by atoms with Crippen molar-refractivity contribution in [2.75, 3.05) is 13.1 Å². The Balaban J connectivity index is 2.84. The van der Waals surface area contributed by atoms with Gasteiger partial charge in [-0.25, -0.2) is 4.98 Å². The van der Waals surface area contributed by atoms with Crippen molar-refractivity contribution in [1.82, 2.24) is 13.3 Å². The number of rotatable bonds is 4. The molecule has 8 heteroatoms.